The summed E-state index contributed by atoms with van der Waals surface area (Å²) in [4.78, 5) is 16.3. The summed E-state index contributed by atoms with van der Waals surface area (Å²) in [5.74, 6) is 0. The number of benzene rings is 1. The van der Waals surface area contributed by atoms with Gasteiger partial charge in [-0.3, -0.25) is 4.98 Å². The molecule has 0 saturated heterocycles. The van der Waals surface area contributed by atoms with Crippen LogP contribution in [0.25, 0.3) is 6.08 Å². The van der Waals surface area contributed by atoms with Crippen LogP contribution in [-0.4, -0.2) is 19.4 Å². The highest BCUT2D eigenvalue weighted by molar-refractivity contribution is 7.93. The largest absolute Gasteiger partial charge is 0.333 e. The van der Waals surface area contributed by atoms with Crippen LogP contribution in [0.5, 0.6) is 0 Å². The second-order valence-corrected chi connectivity index (χ2v) is 8.49. The maximum atomic E-state index is 12.4. The van der Waals surface area contributed by atoms with Gasteiger partial charge in [-0.25, -0.2) is 17.9 Å². The Kier molecular flexibility index (Phi) is 4.70. The van der Waals surface area contributed by atoms with Crippen LogP contribution in [-0.2, 0) is 35.7 Å². The third-order valence-electron chi connectivity index (χ3n) is 5.07. The number of hydrogen-bond acceptors (Lipinski definition) is 4. The zero-order chi connectivity index (χ0) is 18.9. The molecule has 6 nitrogen and oxygen atoms in total. The highest BCUT2D eigenvalue weighted by atomic mass is 32.2. The lowest BCUT2D eigenvalue weighted by Gasteiger charge is -2.16. The summed E-state index contributed by atoms with van der Waals surface area (Å²) < 4.78 is 26.5. The number of urea groups is 1. The third kappa shape index (κ3) is 3.88. The average molecular weight is 383 g/mol. The summed E-state index contributed by atoms with van der Waals surface area (Å²) in [6.07, 6.45) is 10.6. The number of anilines is 1. The van der Waals surface area contributed by atoms with Crippen molar-refractivity contribution < 1.29 is 13.2 Å². The summed E-state index contributed by atoms with van der Waals surface area (Å²) in [5.41, 5.74) is 6.35. The minimum absolute atomic E-state index is 0.641. The van der Waals surface area contributed by atoms with E-state index in [4.69, 9.17) is 0 Å². The summed E-state index contributed by atoms with van der Waals surface area (Å²) in [6.45, 7) is 0. The Hall–Kier alpha value is -2.67. The van der Waals surface area contributed by atoms with E-state index in [0.717, 1.165) is 60.7 Å². The Morgan fingerprint density at radius 1 is 1.07 bits per heavy atom. The number of pyridine rings is 1. The van der Waals surface area contributed by atoms with Crippen molar-refractivity contribution >= 4 is 27.8 Å². The fourth-order valence-corrected chi connectivity index (χ4v) is 4.63. The summed E-state index contributed by atoms with van der Waals surface area (Å²) in [7, 11) is -3.90. The number of carbonyl (C=O) groups is 1. The molecule has 0 radical (unpaired) electrons. The van der Waals surface area contributed by atoms with E-state index in [-0.39, 0.29) is 0 Å². The summed E-state index contributed by atoms with van der Waals surface area (Å²) in [5, 5.41) is 3.80. The Labute approximate surface area is 158 Å². The molecule has 2 aliphatic rings. The molecule has 0 bridgehead atoms. The Morgan fingerprint density at radius 2 is 1.78 bits per heavy atom. The fraction of sp³-hybridized carbons (Fsp3) is 0.300. The van der Waals surface area contributed by atoms with Gasteiger partial charge in [-0.2, -0.15) is 0 Å². The number of hydrogen-bond donors (Lipinski definition) is 2. The number of aromatic nitrogens is 1. The Bertz CT molecular complexity index is 982. The molecular formula is C20H21N3O3S. The second-order valence-electron chi connectivity index (χ2n) is 6.92. The van der Waals surface area contributed by atoms with Crippen molar-refractivity contribution in [1.29, 1.82) is 0 Å². The number of fused-ring (bicyclic) bond motifs is 2. The van der Waals surface area contributed by atoms with Crippen LogP contribution >= 0.6 is 0 Å². The number of nitrogens with one attached hydrogen (secondary N) is 2. The van der Waals surface area contributed by atoms with E-state index in [1.54, 1.807) is 24.5 Å². The first-order chi connectivity index (χ1) is 13.0. The number of carbonyl (C=O) groups excluding carboxylic acids is 1. The predicted molar refractivity (Wildman–Crippen MR) is 105 cm³/mol. The van der Waals surface area contributed by atoms with Crippen molar-refractivity contribution in [3.8, 4) is 0 Å². The maximum Gasteiger partial charge on any atom is 0.333 e. The van der Waals surface area contributed by atoms with E-state index in [0.29, 0.717) is 5.56 Å². The smallest absolute Gasteiger partial charge is 0.307 e. The van der Waals surface area contributed by atoms with Gasteiger partial charge in [0.05, 0.1) is 5.41 Å². The molecule has 4 rings (SSSR count). The van der Waals surface area contributed by atoms with Gasteiger partial charge in [0.2, 0.25) is 0 Å². The first-order valence-electron chi connectivity index (χ1n) is 9.10. The van der Waals surface area contributed by atoms with Crippen molar-refractivity contribution in [3.63, 3.8) is 0 Å². The molecule has 0 atom stereocenters. The monoisotopic (exact) mass is 383 g/mol. The molecule has 140 valence electrons. The molecule has 27 heavy (non-hydrogen) atoms. The minimum Gasteiger partial charge on any atom is -0.307 e. The Morgan fingerprint density at radius 3 is 2.41 bits per heavy atom. The SMILES string of the molecule is O=C(Nc1c2c(cc3c1CCC3)CCC2)NS(=O)(=O)/C=C/c1cccnc1. The number of rotatable bonds is 4. The highest BCUT2D eigenvalue weighted by Gasteiger charge is 2.25. The van der Waals surface area contributed by atoms with Crippen LogP contribution in [0, 0.1) is 0 Å². The number of amides is 2. The lowest BCUT2D eigenvalue weighted by atomic mass is 9.99. The van der Waals surface area contributed by atoms with E-state index >= 15 is 0 Å². The quantitative estimate of drug-likeness (QED) is 0.849. The summed E-state index contributed by atoms with van der Waals surface area (Å²) >= 11 is 0. The number of aryl methyl sites for hydroxylation is 2. The van der Waals surface area contributed by atoms with Crippen molar-refractivity contribution in [2.45, 2.75) is 38.5 Å². The van der Waals surface area contributed by atoms with Crippen LogP contribution in [0.4, 0.5) is 10.5 Å². The molecule has 1 heterocycles. The van der Waals surface area contributed by atoms with Gasteiger partial charge in [0.1, 0.15) is 0 Å². The molecule has 0 saturated carbocycles. The lowest BCUT2D eigenvalue weighted by Crippen LogP contribution is -2.33. The van der Waals surface area contributed by atoms with Crippen LogP contribution in [0.1, 0.15) is 40.7 Å². The van der Waals surface area contributed by atoms with Gasteiger partial charge in [0.25, 0.3) is 10.0 Å². The van der Waals surface area contributed by atoms with Gasteiger partial charge in [0.15, 0.2) is 0 Å². The van der Waals surface area contributed by atoms with Crippen molar-refractivity contribution in [3.05, 3.63) is 63.8 Å². The van der Waals surface area contributed by atoms with E-state index < -0.39 is 16.1 Å². The van der Waals surface area contributed by atoms with Crippen LogP contribution in [0.15, 0.2) is 36.0 Å². The zero-order valence-electron chi connectivity index (χ0n) is 14.9. The molecule has 0 fully saturated rings. The standard InChI is InChI=1S/C20H21N3O3S/c24-20(23-27(25,26)11-9-14-4-3-10-21-13-14)22-19-17-7-1-5-15(17)12-16-6-2-8-18(16)19/h3-4,9-13H,1-2,5-8H2,(H2,22,23,24)/b11-9+. The zero-order valence-corrected chi connectivity index (χ0v) is 15.7. The highest BCUT2D eigenvalue weighted by Crippen LogP contribution is 2.38. The van der Waals surface area contributed by atoms with Crippen molar-refractivity contribution in [2.75, 3.05) is 5.32 Å². The topological polar surface area (TPSA) is 88.2 Å². The molecule has 0 spiro atoms. The minimum atomic E-state index is -3.90. The van der Waals surface area contributed by atoms with Crippen molar-refractivity contribution in [1.82, 2.24) is 9.71 Å². The van der Waals surface area contributed by atoms with Crippen LogP contribution in [0.3, 0.4) is 0 Å². The molecule has 1 aromatic heterocycles. The number of sulfonamides is 1. The fourth-order valence-electron chi connectivity index (χ4n) is 3.91. The van der Waals surface area contributed by atoms with E-state index in [1.807, 2.05) is 0 Å². The molecule has 2 amide bonds. The second kappa shape index (κ2) is 7.15. The van der Waals surface area contributed by atoms with Gasteiger partial charge in [-0.05, 0) is 78.5 Å². The molecule has 2 aliphatic carbocycles. The third-order valence-corrected chi connectivity index (χ3v) is 6.03. The first kappa shape index (κ1) is 17.7. The van der Waals surface area contributed by atoms with Gasteiger partial charge in [-0.1, -0.05) is 12.1 Å². The van der Waals surface area contributed by atoms with Gasteiger partial charge < -0.3 is 5.32 Å². The van der Waals surface area contributed by atoms with Crippen LogP contribution < -0.4 is 10.0 Å². The summed E-state index contributed by atoms with van der Waals surface area (Å²) in [6, 6.07) is 4.99. The molecule has 1 aromatic carbocycles. The normalized spacial score (nSPS) is 15.6. The molecule has 7 heteroatoms. The average Bonchev–Trinajstić information content (AvgIpc) is 3.29. The van der Waals surface area contributed by atoms with Crippen LogP contribution in [0.2, 0.25) is 0 Å². The molecule has 0 unspecified atom stereocenters. The van der Waals surface area contributed by atoms with Gasteiger partial charge >= 0.3 is 6.03 Å². The first-order valence-corrected chi connectivity index (χ1v) is 10.6. The number of nitrogens with zero attached hydrogens (tertiary/aromatic N) is 1. The Balaban J connectivity index is 1.51. The van der Waals surface area contributed by atoms with E-state index in [9.17, 15) is 13.2 Å². The van der Waals surface area contributed by atoms with E-state index in [1.165, 1.54) is 17.2 Å². The lowest BCUT2D eigenvalue weighted by molar-refractivity contribution is 0.256. The maximum absolute atomic E-state index is 12.4. The van der Waals surface area contributed by atoms with Gasteiger partial charge in [-0.15, -0.1) is 0 Å². The molecule has 2 N–H and O–H groups in total. The molecule has 2 aromatic rings. The van der Waals surface area contributed by atoms with Crippen molar-refractivity contribution in [2.24, 2.45) is 0 Å². The molecular weight excluding hydrogens is 362 g/mol. The van der Waals surface area contributed by atoms with Gasteiger partial charge in [0, 0.05) is 18.1 Å². The van der Waals surface area contributed by atoms with E-state index in [2.05, 4.69) is 21.1 Å². The molecule has 0 aliphatic heterocycles. The predicted octanol–water partition coefficient (Wildman–Crippen LogP) is 3.18.